The van der Waals surface area contributed by atoms with Crippen molar-refractivity contribution in [1.82, 2.24) is 15.2 Å². The Morgan fingerprint density at radius 3 is 3.11 bits per heavy atom. The molecule has 1 aliphatic rings. The Morgan fingerprint density at radius 2 is 2.50 bits per heavy atom. The second-order valence-corrected chi connectivity index (χ2v) is 6.02. The normalized spacial score (nSPS) is 22.3. The van der Waals surface area contributed by atoms with Crippen molar-refractivity contribution in [3.63, 3.8) is 0 Å². The molecule has 3 nitrogen and oxygen atoms in total. The third kappa shape index (κ3) is 3.77. The molecule has 2 unspecified atom stereocenters. The van der Waals surface area contributed by atoms with Crippen LogP contribution in [0.2, 0.25) is 0 Å². The number of rotatable bonds is 6. The quantitative estimate of drug-likeness (QED) is 0.859. The van der Waals surface area contributed by atoms with Crippen LogP contribution in [0, 0.1) is 5.92 Å². The van der Waals surface area contributed by atoms with Crippen molar-refractivity contribution in [2.75, 3.05) is 26.2 Å². The molecule has 0 aliphatic carbocycles. The van der Waals surface area contributed by atoms with Crippen LogP contribution in [0.5, 0.6) is 0 Å². The van der Waals surface area contributed by atoms with Crippen molar-refractivity contribution in [2.24, 2.45) is 5.92 Å². The third-order valence-electron chi connectivity index (χ3n) is 3.83. The minimum atomic E-state index is 0.457. The lowest BCUT2D eigenvalue weighted by Crippen LogP contribution is -2.39. The highest BCUT2D eigenvalue weighted by Gasteiger charge is 2.21. The second kappa shape index (κ2) is 7.22. The topological polar surface area (TPSA) is 28.2 Å². The lowest BCUT2D eigenvalue weighted by atomic mass is 9.98. The number of piperidine rings is 1. The summed E-state index contributed by atoms with van der Waals surface area (Å²) in [6.07, 6.45) is 3.92. The van der Waals surface area contributed by atoms with Crippen LogP contribution < -0.4 is 5.32 Å². The molecule has 0 bridgehead atoms. The molecule has 0 saturated carbocycles. The van der Waals surface area contributed by atoms with E-state index in [2.05, 4.69) is 34.4 Å². The zero-order chi connectivity index (χ0) is 12.8. The fourth-order valence-corrected chi connectivity index (χ4v) is 3.40. The largest absolute Gasteiger partial charge is 0.316 e. The van der Waals surface area contributed by atoms with Crippen molar-refractivity contribution >= 4 is 11.3 Å². The van der Waals surface area contributed by atoms with Gasteiger partial charge in [0.15, 0.2) is 0 Å². The van der Waals surface area contributed by atoms with Gasteiger partial charge in [-0.3, -0.25) is 4.90 Å². The predicted molar refractivity (Wildman–Crippen MR) is 78.0 cm³/mol. The molecule has 4 heteroatoms. The van der Waals surface area contributed by atoms with E-state index in [9.17, 15) is 0 Å². The van der Waals surface area contributed by atoms with E-state index in [1.807, 2.05) is 5.51 Å². The van der Waals surface area contributed by atoms with Gasteiger partial charge in [-0.25, -0.2) is 4.98 Å². The maximum Gasteiger partial charge on any atom is 0.0795 e. The molecule has 0 spiro atoms. The molecule has 2 rings (SSSR count). The van der Waals surface area contributed by atoms with Gasteiger partial charge in [-0.15, -0.1) is 11.3 Å². The molecule has 0 radical (unpaired) electrons. The smallest absolute Gasteiger partial charge is 0.0795 e. The molecule has 1 saturated heterocycles. The molecule has 18 heavy (non-hydrogen) atoms. The standard InChI is InChI=1S/C14H25N3S/c1-3-7-17(9-13-5-4-6-15-8-13)12(2)14-10-18-11-16-14/h10-13,15H,3-9H2,1-2H3. The van der Waals surface area contributed by atoms with Crippen LogP contribution >= 0.6 is 11.3 Å². The maximum absolute atomic E-state index is 4.47. The van der Waals surface area contributed by atoms with Crippen molar-refractivity contribution in [3.05, 3.63) is 16.6 Å². The molecule has 102 valence electrons. The van der Waals surface area contributed by atoms with E-state index in [0.717, 1.165) is 5.92 Å². The highest BCUT2D eigenvalue weighted by Crippen LogP contribution is 2.23. The van der Waals surface area contributed by atoms with Gasteiger partial charge in [0.1, 0.15) is 0 Å². The van der Waals surface area contributed by atoms with Gasteiger partial charge in [-0.2, -0.15) is 0 Å². The van der Waals surface area contributed by atoms with E-state index < -0.39 is 0 Å². The lowest BCUT2D eigenvalue weighted by Gasteiger charge is -2.33. The maximum atomic E-state index is 4.47. The zero-order valence-electron chi connectivity index (χ0n) is 11.6. The number of hydrogen-bond donors (Lipinski definition) is 1. The molecule has 1 aliphatic heterocycles. The van der Waals surface area contributed by atoms with Crippen LogP contribution in [0.15, 0.2) is 10.9 Å². The molecule has 1 aromatic rings. The number of thiazole rings is 1. The van der Waals surface area contributed by atoms with Crippen LogP contribution in [0.3, 0.4) is 0 Å². The Labute approximate surface area is 115 Å². The fourth-order valence-electron chi connectivity index (χ4n) is 2.76. The molecule has 0 amide bonds. The van der Waals surface area contributed by atoms with Gasteiger partial charge in [-0.1, -0.05) is 6.92 Å². The third-order valence-corrected chi connectivity index (χ3v) is 4.43. The fraction of sp³-hybridized carbons (Fsp3) is 0.786. The average Bonchev–Trinajstić information content (AvgIpc) is 2.92. The summed E-state index contributed by atoms with van der Waals surface area (Å²) in [5.41, 5.74) is 3.18. The summed E-state index contributed by atoms with van der Waals surface area (Å²) in [6.45, 7) is 9.32. The van der Waals surface area contributed by atoms with Crippen LogP contribution in [0.4, 0.5) is 0 Å². The van der Waals surface area contributed by atoms with Gasteiger partial charge in [0, 0.05) is 11.9 Å². The minimum Gasteiger partial charge on any atom is -0.316 e. The van der Waals surface area contributed by atoms with Gasteiger partial charge in [0.05, 0.1) is 17.2 Å². The first-order valence-electron chi connectivity index (χ1n) is 7.14. The summed E-state index contributed by atoms with van der Waals surface area (Å²) in [4.78, 5) is 7.08. The van der Waals surface area contributed by atoms with Gasteiger partial charge < -0.3 is 5.32 Å². The number of nitrogens with one attached hydrogen (secondary N) is 1. The van der Waals surface area contributed by atoms with Crippen LogP contribution in [-0.4, -0.2) is 36.1 Å². The Hall–Kier alpha value is -0.450. The van der Waals surface area contributed by atoms with Gasteiger partial charge >= 0.3 is 0 Å². The lowest BCUT2D eigenvalue weighted by molar-refractivity contribution is 0.161. The Morgan fingerprint density at radius 1 is 1.61 bits per heavy atom. The summed E-state index contributed by atoms with van der Waals surface area (Å²) in [6, 6.07) is 0.457. The van der Waals surface area contributed by atoms with E-state index in [1.54, 1.807) is 11.3 Å². The first-order chi connectivity index (χ1) is 8.81. The predicted octanol–water partition coefficient (Wildman–Crippen LogP) is 2.92. The van der Waals surface area contributed by atoms with Crippen LogP contribution in [0.1, 0.15) is 44.8 Å². The molecule has 0 aromatic carbocycles. The van der Waals surface area contributed by atoms with Gasteiger partial charge in [0.25, 0.3) is 0 Å². The summed E-state index contributed by atoms with van der Waals surface area (Å²) >= 11 is 1.70. The van der Waals surface area contributed by atoms with E-state index in [0.29, 0.717) is 6.04 Å². The van der Waals surface area contributed by atoms with Crippen LogP contribution in [-0.2, 0) is 0 Å². The number of aromatic nitrogens is 1. The molecule has 1 aromatic heterocycles. The monoisotopic (exact) mass is 267 g/mol. The van der Waals surface area contributed by atoms with E-state index in [4.69, 9.17) is 0 Å². The minimum absolute atomic E-state index is 0.457. The molecular formula is C14H25N3S. The molecule has 1 fully saturated rings. The van der Waals surface area contributed by atoms with E-state index in [1.165, 1.54) is 51.1 Å². The molecule has 2 heterocycles. The average molecular weight is 267 g/mol. The van der Waals surface area contributed by atoms with Crippen molar-refractivity contribution < 1.29 is 0 Å². The zero-order valence-corrected chi connectivity index (χ0v) is 12.4. The first kappa shape index (κ1) is 14.0. The second-order valence-electron chi connectivity index (χ2n) is 5.30. The highest BCUT2D eigenvalue weighted by molar-refractivity contribution is 7.07. The Balaban J connectivity index is 1.93. The first-order valence-corrected chi connectivity index (χ1v) is 8.08. The summed E-state index contributed by atoms with van der Waals surface area (Å²) in [5, 5.41) is 5.70. The van der Waals surface area contributed by atoms with Gasteiger partial charge in [-0.05, 0) is 51.7 Å². The van der Waals surface area contributed by atoms with Crippen molar-refractivity contribution in [2.45, 2.75) is 39.2 Å². The summed E-state index contributed by atoms with van der Waals surface area (Å²) in [7, 11) is 0. The number of nitrogens with zero attached hydrogens (tertiary/aromatic N) is 2. The highest BCUT2D eigenvalue weighted by atomic mass is 32.1. The SMILES string of the molecule is CCCN(CC1CCCNC1)C(C)c1cscn1. The summed E-state index contributed by atoms with van der Waals surface area (Å²) < 4.78 is 0. The molecular weight excluding hydrogens is 242 g/mol. The van der Waals surface area contributed by atoms with Crippen molar-refractivity contribution in [3.8, 4) is 0 Å². The Kier molecular flexibility index (Phi) is 5.60. The van der Waals surface area contributed by atoms with E-state index >= 15 is 0 Å². The van der Waals surface area contributed by atoms with Crippen molar-refractivity contribution in [1.29, 1.82) is 0 Å². The van der Waals surface area contributed by atoms with Gasteiger partial charge in [0.2, 0.25) is 0 Å². The molecule has 2 atom stereocenters. The van der Waals surface area contributed by atoms with Crippen LogP contribution in [0.25, 0.3) is 0 Å². The Bertz CT molecular complexity index is 320. The number of hydrogen-bond acceptors (Lipinski definition) is 4. The van der Waals surface area contributed by atoms with E-state index in [-0.39, 0.29) is 0 Å². The summed E-state index contributed by atoms with van der Waals surface area (Å²) in [5.74, 6) is 0.811. The molecule has 1 N–H and O–H groups in total.